The molecule has 3 aromatic rings. The van der Waals surface area contributed by atoms with Gasteiger partial charge in [-0.05, 0) is 105 Å². The van der Waals surface area contributed by atoms with Crippen LogP contribution < -0.4 is 4.74 Å². The fourth-order valence-corrected chi connectivity index (χ4v) is 5.76. The molecule has 2 aromatic carbocycles. The number of ether oxygens (including phenoxy) is 1. The van der Waals surface area contributed by atoms with Gasteiger partial charge in [-0.1, -0.05) is 12.1 Å². The number of hydrogen-bond donors (Lipinski definition) is 0. The number of carbonyl (C=O) groups excluding carboxylic acids is 3. The number of halogens is 1. The Bertz CT molecular complexity index is 1420. The minimum absolute atomic E-state index is 0.179. The van der Waals surface area contributed by atoms with Gasteiger partial charge in [0.05, 0.1) is 4.91 Å². The Hall–Kier alpha value is -3.85. The van der Waals surface area contributed by atoms with Gasteiger partial charge in [-0.15, -0.1) is 0 Å². The second-order valence-electron chi connectivity index (χ2n) is 9.78. The lowest BCUT2D eigenvalue weighted by Crippen LogP contribution is -2.44. The predicted octanol–water partition coefficient (Wildman–Crippen LogP) is 5.86. The molecule has 0 aliphatic carbocycles. The standard InChI is InChI=1S/C30H30FN3O4S/c1-20-16-23(17-27-29(36)33(30(37)39-27)18-28(35)32-14-4-3-5-15-32)21(2)34(20)25-10-12-26(13-11-25)38-19-22-6-8-24(31)9-7-22/h6-13,16-17H,3-5,14-15,18-19H2,1-2H3/b27-17-. The molecule has 202 valence electrons. The van der Waals surface area contributed by atoms with Crippen LogP contribution in [0.5, 0.6) is 5.75 Å². The molecular weight excluding hydrogens is 517 g/mol. The van der Waals surface area contributed by atoms with Crippen molar-refractivity contribution >= 4 is 34.9 Å². The molecular formula is C30H30FN3O4S. The Morgan fingerprint density at radius 2 is 1.69 bits per heavy atom. The highest BCUT2D eigenvalue weighted by molar-refractivity contribution is 8.18. The molecule has 2 aliphatic heterocycles. The summed E-state index contributed by atoms with van der Waals surface area (Å²) >= 11 is 0.872. The number of amides is 3. The third kappa shape index (κ3) is 5.93. The molecule has 3 heterocycles. The van der Waals surface area contributed by atoms with Crippen molar-refractivity contribution in [3.8, 4) is 11.4 Å². The van der Waals surface area contributed by atoms with Crippen molar-refractivity contribution in [3.05, 3.63) is 87.8 Å². The molecule has 0 radical (unpaired) electrons. The van der Waals surface area contributed by atoms with Crippen LogP contribution >= 0.6 is 11.8 Å². The number of likely N-dealkylation sites (tertiary alicyclic amines) is 1. The largest absolute Gasteiger partial charge is 0.489 e. The van der Waals surface area contributed by atoms with Crippen LogP contribution in [0.1, 0.15) is 41.8 Å². The Balaban J connectivity index is 1.28. The van der Waals surface area contributed by atoms with Crippen LogP contribution in [-0.2, 0) is 16.2 Å². The fourth-order valence-electron chi connectivity index (χ4n) is 4.93. The maximum Gasteiger partial charge on any atom is 0.294 e. The summed E-state index contributed by atoms with van der Waals surface area (Å²) < 4.78 is 21.0. The Labute approximate surface area is 231 Å². The van der Waals surface area contributed by atoms with Crippen LogP contribution in [0.3, 0.4) is 0 Å². The predicted molar refractivity (Wildman–Crippen MR) is 149 cm³/mol. The molecule has 0 N–H and O–H groups in total. The van der Waals surface area contributed by atoms with Crippen LogP contribution in [0.2, 0.25) is 0 Å². The van der Waals surface area contributed by atoms with Gasteiger partial charge in [-0.25, -0.2) is 4.39 Å². The van der Waals surface area contributed by atoms with E-state index in [1.165, 1.54) is 12.1 Å². The lowest BCUT2D eigenvalue weighted by atomic mass is 10.1. The molecule has 0 unspecified atom stereocenters. The topological polar surface area (TPSA) is 71.9 Å². The van der Waals surface area contributed by atoms with E-state index in [1.54, 1.807) is 23.1 Å². The third-order valence-corrected chi connectivity index (χ3v) is 7.95. The highest BCUT2D eigenvalue weighted by Gasteiger charge is 2.37. The van der Waals surface area contributed by atoms with Gasteiger partial charge in [0.15, 0.2) is 0 Å². The van der Waals surface area contributed by atoms with Gasteiger partial charge < -0.3 is 14.2 Å². The number of piperidine rings is 1. The average molecular weight is 548 g/mol. The van der Waals surface area contributed by atoms with E-state index in [4.69, 9.17) is 4.74 Å². The van der Waals surface area contributed by atoms with Crippen LogP contribution in [0.4, 0.5) is 9.18 Å². The van der Waals surface area contributed by atoms with Gasteiger partial charge in [-0.3, -0.25) is 19.3 Å². The molecule has 2 fully saturated rings. The first-order valence-electron chi connectivity index (χ1n) is 13.0. The smallest absolute Gasteiger partial charge is 0.294 e. The van der Waals surface area contributed by atoms with E-state index in [9.17, 15) is 18.8 Å². The van der Waals surface area contributed by atoms with E-state index in [-0.39, 0.29) is 18.3 Å². The monoisotopic (exact) mass is 547 g/mol. The zero-order valence-corrected chi connectivity index (χ0v) is 22.8. The summed E-state index contributed by atoms with van der Waals surface area (Å²) in [6.45, 7) is 5.42. The number of carbonyl (C=O) groups is 3. The van der Waals surface area contributed by atoms with Gasteiger partial charge in [0.2, 0.25) is 5.91 Å². The molecule has 1 aromatic heterocycles. The first-order valence-corrected chi connectivity index (χ1v) is 13.8. The van der Waals surface area contributed by atoms with Crippen molar-refractivity contribution in [2.24, 2.45) is 0 Å². The quantitative estimate of drug-likeness (QED) is 0.347. The van der Waals surface area contributed by atoms with Gasteiger partial charge in [-0.2, -0.15) is 0 Å². The van der Waals surface area contributed by atoms with Crippen LogP contribution in [0.15, 0.2) is 59.5 Å². The summed E-state index contributed by atoms with van der Waals surface area (Å²) in [7, 11) is 0. The molecule has 5 rings (SSSR count). The minimum Gasteiger partial charge on any atom is -0.489 e. The van der Waals surface area contributed by atoms with Crippen molar-refractivity contribution < 1.29 is 23.5 Å². The summed E-state index contributed by atoms with van der Waals surface area (Å²) in [5, 5.41) is -0.415. The molecule has 2 saturated heterocycles. The number of benzene rings is 2. The Morgan fingerprint density at radius 1 is 1.00 bits per heavy atom. The first-order chi connectivity index (χ1) is 18.8. The summed E-state index contributed by atoms with van der Waals surface area (Å²) in [6.07, 6.45) is 4.74. The highest BCUT2D eigenvalue weighted by atomic mass is 32.2. The molecule has 9 heteroatoms. The number of hydrogen-bond acceptors (Lipinski definition) is 5. The second-order valence-corrected chi connectivity index (χ2v) is 10.8. The van der Waals surface area contributed by atoms with E-state index < -0.39 is 11.1 Å². The molecule has 0 saturated carbocycles. The van der Waals surface area contributed by atoms with Crippen molar-refractivity contribution in [2.75, 3.05) is 19.6 Å². The van der Waals surface area contributed by atoms with E-state index in [1.807, 2.05) is 44.2 Å². The maximum atomic E-state index is 13.1. The Kier molecular flexibility index (Phi) is 7.88. The molecule has 0 atom stereocenters. The number of nitrogens with zero attached hydrogens (tertiary/aromatic N) is 3. The summed E-state index contributed by atoms with van der Waals surface area (Å²) in [5.74, 6) is -0.193. The maximum absolute atomic E-state index is 13.1. The summed E-state index contributed by atoms with van der Waals surface area (Å²) in [5.41, 5.74) is 4.53. The normalized spacial score (nSPS) is 16.8. The van der Waals surface area contributed by atoms with Crippen LogP contribution in [-0.4, -0.2) is 51.1 Å². The third-order valence-electron chi connectivity index (χ3n) is 7.05. The lowest BCUT2D eigenvalue weighted by Gasteiger charge is -2.27. The minimum atomic E-state index is -0.428. The number of aromatic nitrogens is 1. The molecule has 7 nitrogen and oxygen atoms in total. The van der Waals surface area contributed by atoms with Gasteiger partial charge in [0.1, 0.15) is 24.7 Å². The summed E-state index contributed by atoms with van der Waals surface area (Å²) in [4.78, 5) is 41.4. The Morgan fingerprint density at radius 3 is 2.38 bits per heavy atom. The summed E-state index contributed by atoms with van der Waals surface area (Å²) in [6, 6.07) is 15.8. The van der Waals surface area contributed by atoms with Crippen molar-refractivity contribution in [1.29, 1.82) is 0 Å². The molecule has 2 aliphatic rings. The number of imide groups is 1. The number of aryl methyl sites for hydroxylation is 1. The highest BCUT2D eigenvalue weighted by Crippen LogP contribution is 2.34. The average Bonchev–Trinajstić information content (AvgIpc) is 3.37. The van der Waals surface area contributed by atoms with Crippen LogP contribution in [0.25, 0.3) is 11.8 Å². The van der Waals surface area contributed by atoms with Gasteiger partial charge in [0.25, 0.3) is 11.1 Å². The van der Waals surface area contributed by atoms with Crippen molar-refractivity contribution in [2.45, 2.75) is 39.7 Å². The van der Waals surface area contributed by atoms with Gasteiger partial charge >= 0.3 is 0 Å². The zero-order chi connectivity index (χ0) is 27.5. The van der Waals surface area contributed by atoms with Gasteiger partial charge in [0, 0.05) is 30.2 Å². The molecule has 0 spiro atoms. The van der Waals surface area contributed by atoms with E-state index in [2.05, 4.69) is 4.57 Å². The zero-order valence-electron chi connectivity index (χ0n) is 22.0. The SMILES string of the molecule is Cc1cc(/C=C2\SC(=O)N(CC(=O)N3CCCCC3)C2=O)c(C)n1-c1ccc(OCc2ccc(F)cc2)cc1. The first kappa shape index (κ1) is 26.7. The fraction of sp³-hybridized carbons (Fsp3) is 0.300. The molecule has 39 heavy (non-hydrogen) atoms. The number of rotatable bonds is 7. The van der Waals surface area contributed by atoms with Crippen LogP contribution in [0, 0.1) is 19.7 Å². The van der Waals surface area contributed by atoms with Crippen molar-refractivity contribution in [3.63, 3.8) is 0 Å². The number of thioether (sulfide) groups is 1. The van der Waals surface area contributed by atoms with E-state index in [0.717, 1.165) is 64.1 Å². The van der Waals surface area contributed by atoms with E-state index in [0.29, 0.717) is 30.4 Å². The van der Waals surface area contributed by atoms with Crippen molar-refractivity contribution in [1.82, 2.24) is 14.4 Å². The molecule has 3 amide bonds. The second kappa shape index (κ2) is 11.5. The van der Waals surface area contributed by atoms with E-state index >= 15 is 0 Å². The lowest BCUT2D eigenvalue weighted by molar-refractivity contribution is -0.136. The molecule has 0 bridgehead atoms.